The number of rotatable bonds is 4. The molecule has 2 heterocycles. The van der Waals surface area contributed by atoms with Crippen LogP contribution in [-0.4, -0.2) is 73.1 Å². The molecule has 2 saturated carbocycles. The molecule has 42 heavy (non-hydrogen) atoms. The Labute approximate surface area is 246 Å². The van der Waals surface area contributed by atoms with Crippen molar-refractivity contribution in [2.75, 3.05) is 28.3 Å². The van der Waals surface area contributed by atoms with E-state index < -0.39 is 11.1 Å². The molecule has 0 bridgehead atoms. The van der Waals surface area contributed by atoms with Crippen molar-refractivity contribution in [1.82, 2.24) is 20.4 Å². The fourth-order valence-electron chi connectivity index (χ4n) is 7.04. The van der Waals surface area contributed by atoms with Crippen LogP contribution in [0.15, 0.2) is 48.5 Å². The number of carbonyl (C=O) groups excluding carboxylic acids is 4. The van der Waals surface area contributed by atoms with Crippen LogP contribution in [0.25, 0.3) is 0 Å². The Morgan fingerprint density at radius 1 is 0.762 bits per heavy atom. The van der Waals surface area contributed by atoms with Crippen molar-refractivity contribution < 1.29 is 28.7 Å². The first kappa shape index (κ1) is 29.4. The van der Waals surface area contributed by atoms with Gasteiger partial charge in [-0.25, -0.2) is 9.59 Å². The molecule has 6 rings (SSSR count). The fourth-order valence-corrected chi connectivity index (χ4v) is 7.04. The smallest absolute Gasteiger partial charge is 0.327 e. The van der Waals surface area contributed by atoms with Crippen LogP contribution in [0.1, 0.15) is 74.3 Å². The number of likely N-dealkylation sites (N-methyl/N-ethyl adjacent to an activating group) is 2. The second kappa shape index (κ2) is 11.7. The van der Waals surface area contributed by atoms with Gasteiger partial charge >= 0.3 is 12.1 Å². The number of amides is 6. The first-order valence-corrected chi connectivity index (χ1v) is 14.6. The summed E-state index contributed by atoms with van der Waals surface area (Å²) in [4.78, 5) is 50.6. The number of methoxy groups -OCH3 is 2. The number of nitrogens with one attached hydrogen (secondary N) is 2. The molecule has 10 heteroatoms. The molecule has 0 unspecified atom stereocenters. The maximum Gasteiger partial charge on any atom is 0.327 e. The Kier molecular flexibility index (Phi) is 8.17. The molecule has 10 nitrogen and oxygen atoms in total. The Balaban J connectivity index is 0.000000169. The third kappa shape index (κ3) is 5.30. The molecular formula is C32H40N4O6. The average Bonchev–Trinajstić information content (AvgIpc) is 3.38. The third-order valence-electron chi connectivity index (χ3n) is 9.72. The molecule has 2 spiro atoms. The number of nitrogens with zero attached hydrogens (tertiary/aromatic N) is 2. The number of carbonyl (C=O) groups is 4. The van der Waals surface area contributed by atoms with Gasteiger partial charge in [-0.1, -0.05) is 24.3 Å². The minimum atomic E-state index is -0.674. The van der Waals surface area contributed by atoms with Gasteiger partial charge in [-0.15, -0.1) is 0 Å². The van der Waals surface area contributed by atoms with Gasteiger partial charge in [-0.05, 0) is 98.6 Å². The lowest BCUT2D eigenvalue weighted by molar-refractivity contribution is -0.133. The van der Waals surface area contributed by atoms with E-state index in [1.54, 1.807) is 33.2 Å². The fraction of sp³-hybridized carbons (Fsp3) is 0.500. The maximum atomic E-state index is 12.5. The van der Waals surface area contributed by atoms with E-state index in [2.05, 4.69) is 34.9 Å². The third-order valence-corrected chi connectivity index (χ3v) is 9.72. The summed E-state index contributed by atoms with van der Waals surface area (Å²) in [7, 11) is 6.65. The Hall–Kier alpha value is -4.08. The summed E-state index contributed by atoms with van der Waals surface area (Å²) in [6, 6.07) is 15.6. The number of benzene rings is 2. The number of urea groups is 2. The summed E-state index contributed by atoms with van der Waals surface area (Å²) >= 11 is 0. The zero-order valence-corrected chi connectivity index (χ0v) is 24.8. The zero-order chi connectivity index (χ0) is 30.1. The Morgan fingerprint density at radius 3 is 1.67 bits per heavy atom. The SMILES string of the molecule is COc1cccc(C2CCC3(CC2)C(=O)N(C)C(=O)N3C)c1.COc1cccc(C2CCC3(CC2)NC(=O)NC3=O)c1. The Morgan fingerprint density at radius 2 is 1.26 bits per heavy atom. The summed E-state index contributed by atoms with van der Waals surface area (Å²) < 4.78 is 10.5. The summed E-state index contributed by atoms with van der Waals surface area (Å²) in [5, 5.41) is 5.13. The van der Waals surface area contributed by atoms with Crippen LogP contribution in [0.2, 0.25) is 0 Å². The molecule has 2 N–H and O–H groups in total. The lowest BCUT2D eigenvalue weighted by Crippen LogP contribution is -2.50. The van der Waals surface area contributed by atoms with E-state index in [1.165, 1.54) is 16.0 Å². The van der Waals surface area contributed by atoms with Gasteiger partial charge < -0.3 is 19.7 Å². The molecule has 4 aliphatic rings. The molecule has 0 aromatic heterocycles. The minimum Gasteiger partial charge on any atom is -0.497 e. The first-order valence-electron chi connectivity index (χ1n) is 14.6. The van der Waals surface area contributed by atoms with Gasteiger partial charge in [0.25, 0.3) is 11.8 Å². The largest absolute Gasteiger partial charge is 0.497 e. The molecule has 2 saturated heterocycles. The second-order valence-corrected chi connectivity index (χ2v) is 11.8. The molecule has 224 valence electrons. The van der Waals surface area contributed by atoms with Gasteiger partial charge in [0.05, 0.1) is 14.2 Å². The van der Waals surface area contributed by atoms with E-state index in [0.717, 1.165) is 50.0 Å². The highest BCUT2D eigenvalue weighted by molar-refractivity contribution is 6.07. The van der Waals surface area contributed by atoms with Crippen molar-refractivity contribution in [1.29, 1.82) is 0 Å². The van der Waals surface area contributed by atoms with Gasteiger partial charge in [-0.3, -0.25) is 19.8 Å². The van der Waals surface area contributed by atoms with Crippen LogP contribution in [0.4, 0.5) is 9.59 Å². The lowest BCUT2D eigenvalue weighted by Gasteiger charge is -2.39. The highest BCUT2D eigenvalue weighted by Gasteiger charge is 2.55. The maximum absolute atomic E-state index is 12.5. The van der Waals surface area contributed by atoms with Crippen LogP contribution in [0.3, 0.4) is 0 Å². The summed E-state index contributed by atoms with van der Waals surface area (Å²) in [6.07, 6.45) is 6.41. The number of hydrogen-bond donors (Lipinski definition) is 2. The molecular weight excluding hydrogens is 536 g/mol. The van der Waals surface area contributed by atoms with Crippen molar-refractivity contribution in [2.45, 2.75) is 74.3 Å². The number of hydrogen-bond acceptors (Lipinski definition) is 6. The molecule has 2 aliphatic carbocycles. The molecule has 2 aromatic rings. The van der Waals surface area contributed by atoms with E-state index in [0.29, 0.717) is 24.7 Å². The molecule has 2 aliphatic heterocycles. The van der Waals surface area contributed by atoms with E-state index in [1.807, 2.05) is 24.3 Å². The van der Waals surface area contributed by atoms with Crippen molar-refractivity contribution in [3.05, 3.63) is 59.7 Å². The van der Waals surface area contributed by atoms with Crippen molar-refractivity contribution >= 4 is 23.9 Å². The topological polar surface area (TPSA) is 117 Å². The van der Waals surface area contributed by atoms with Crippen LogP contribution in [0.5, 0.6) is 11.5 Å². The van der Waals surface area contributed by atoms with Gasteiger partial charge in [0.2, 0.25) is 0 Å². The first-order chi connectivity index (χ1) is 20.1. The van der Waals surface area contributed by atoms with Crippen molar-refractivity contribution in [2.24, 2.45) is 0 Å². The van der Waals surface area contributed by atoms with Crippen LogP contribution in [0, 0.1) is 0 Å². The van der Waals surface area contributed by atoms with Crippen molar-refractivity contribution in [3.8, 4) is 11.5 Å². The molecule has 6 amide bonds. The zero-order valence-electron chi connectivity index (χ0n) is 24.8. The second-order valence-electron chi connectivity index (χ2n) is 11.8. The number of ether oxygens (including phenoxy) is 2. The predicted molar refractivity (Wildman–Crippen MR) is 156 cm³/mol. The number of imide groups is 2. The molecule has 2 aromatic carbocycles. The average molecular weight is 577 g/mol. The monoisotopic (exact) mass is 576 g/mol. The summed E-state index contributed by atoms with van der Waals surface area (Å²) in [6.45, 7) is 0. The van der Waals surface area contributed by atoms with E-state index in [9.17, 15) is 19.2 Å². The van der Waals surface area contributed by atoms with Gasteiger partial charge in [-0.2, -0.15) is 0 Å². The Bertz CT molecular complexity index is 1360. The highest BCUT2D eigenvalue weighted by Crippen LogP contribution is 2.45. The quantitative estimate of drug-likeness (QED) is 0.516. The lowest BCUT2D eigenvalue weighted by atomic mass is 9.73. The van der Waals surface area contributed by atoms with Gasteiger partial charge in [0.15, 0.2) is 0 Å². The minimum absolute atomic E-state index is 0.0518. The molecule has 0 radical (unpaired) electrons. The molecule has 0 atom stereocenters. The van der Waals surface area contributed by atoms with Crippen molar-refractivity contribution in [3.63, 3.8) is 0 Å². The molecule has 4 fully saturated rings. The van der Waals surface area contributed by atoms with Crippen LogP contribution < -0.4 is 20.1 Å². The van der Waals surface area contributed by atoms with Crippen LogP contribution >= 0.6 is 0 Å². The predicted octanol–water partition coefficient (Wildman–Crippen LogP) is 4.55. The normalized spacial score (nSPS) is 28.9. The standard InChI is InChI=1S/C17H22N2O3.C15H18N2O3/c1-18-15(20)17(19(2)16(18)21)9-7-12(8-10-17)13-5-4-6-14(11-13)22-3;1-20-12-4-2-3-11(9-12)10-5-7-15(8-6-10)13(18)16-14(19)17-15/h4-6,11-12H,7-10H2,1-3H3;2-4,9-10H,5-8H2,1H3,(H2,16,17,18,19). The van der Waals surface area contributed by atoms with E-state index in [-0.39, 0.29) is 23.9 Å². The highest BCUT2D eigenvalue weighted by atomic mass is 16.5. The van der Waals surface area contributed by atoms with Crippen LogP contribution in [-0.2, 0) is 9.59 Å². The van der Waals surface area contributed by atoms with E-state index >= 15 is 0 Å². The van der Waals surface area contributed by atoms with Gasteiger partial charge in [0.1, 0.15) is 22.6 Å². The van der Waals surface area contributed by atoms with Gasteiger partial charge in [0, 0.05) is 14.1 Å². The summed E-state index contributed by atoms with van der Waals surface area (Å²) in [5.41, 5.74) is 1.19. The summed E-state index contributed by atoms with van der Waals surface area (Å²) in [5.74, 6) is 2.33. The van der Waals surface area contributed by atoms with E-state index in [4.69, 9.17) is 9.47 Å².